The van der Waals surface area contributed by atoms with Gasteiger partial charge >= 0.3 is 5.97 Å². The van der Waals surface area contributed by atoms with Crippen LogP contribution in [-0.4, -0.2) is 24.5 Å². The summed E-state index contributed by atoms with van der Waals surface area (Å²) in [5.74, 6) is 0.572. The molecule has 1 aliphatic carbocycles. The summed E-state index contributed by atoms with van der Waals surface area (Å²) in [6.45, 7) is 7.54. The first kappa shape index (κ1) is 16.7. The molecule has 0 radical (unpaired) electrons. The van der Waals surface area contributed by atoms with Crippen LogP contribution in [-0.2, 0) is 19.1 Å². The van der Waals surface area contributed by atoms with Gasteiger partial charge in [-0.05, 0) is 40.0 Å². The van der Waals surface area contributed by atoms with Gasteiger partial charge in [0.25, 0.3) is 0 Å². The Morgan fingerprint density at radius 2 is 2.05 bits per heavy atom. The zero-order chi connectivity index (χ0) is 15.4. The van der Waals surface area contributed by atoms with Crippen LogP contribution in [0.4, 0.5) is 0 Å². The number of allylic oxidation sites excluding steroid dienone is 2. The van der Waals surface area contributed by atoms with E-state index in [-0.39, 0.29) is 18.2 Å². The predicted molar refractivity (Wildman–Crippen MR) is 77.1 cm³/mol. The molecule has 0 heterocycles. The molecule has 4 heteroatoms. The second-order valence-electron chi connectivity index (χ2n) is 6.40. The number of methoxy groups -OCH3 is 1. The second-order valence-corrected chi connectivity index (χ2v) is 6.40. The average molecular weight is 282 g/mol. The molecule has 1 unspecified atom stereocenters. The molecule has 0 fully saturated rings. The predicted octanol–water partition coefficient (Wildman–Crippen LogP) is 3.40. The van der Waals surface area contributed by atoms with Crippen molar-refractivity contribution in [1.82, 2.24) is 0 Å². The number of carbonyl (C=O) groups excluding carboxylic acids is 2. The molecule has 114 valence electrons. The highest BCUT2D eigenvalue weighted by Crippen LogP contribution is 2.40. The van der Waals surface area contributed by atoms with Crippen LogP contribution in [0.2, 0.25) is 0 Å². The van der Waals surface area contributed by atoms with Gasteiger partial charge in [0, 0.05) is 24.3 Å². The lowest BCUT2D eigenvalue weighted by molar-refractivity contribution is -0.155. The highest BCUT2D eigenvalue weighted by atomic mass is 16.6. The normalized spacial score (nSPS) is 23.2. The van der Waals surface area contributed by atoms with Crippen molar-refractivity contribution in [3.05, 3.63) is 11.8 Å². The number of hydrogen-bond acceptors (Lipinski definition) is 4. The first-order chi connectivity index (χ1) is 9.22. The van der Waals surface area contributed by atoms with E-state index in [0.29, 0.717) is 6.42 Å². The van der Waals surface area contributed by atoms with Crippen molar-refractivity contribution < 1.29 is 19.1 Å². The van der Waals surface area contributed by atoms with E-state index in [2.05, 4.69) is 0 Å². The van der Waals surface area contributed by atoms with Crippen molar-refractivity contribution in [3.63, 3.8) is 0 Å². The number of ether oxygens (including phenoxy) is 2. The number of hydrogen-bond donors (Lipinski definition) is 0. The van der Waals surface area contributed by atoms with Gasteiger partial charge in [-0.15, -0.1) is 0 Å². The smallest absolute Gasteiger partial charge is 0.306 e. The van der Waals surface area contributed by atoms with Gasteiger partial charge in [-0.2, -0.15) is 0 Å². The summed E-state index contributed by atoms with van der Waals surface area (Å²) in [6, 6.07) is 0. The molecule has 1 aliphatic rings. The molecule has 0 aromatic heterocycles. The molecular weight excluding hydrogens is 256 g/mol. The first-order valence-corrected chi connectivity index (χ1v) is 7.23. The van der Waals surface area contributed by atoms with E-state index < -0.39 is 11.0 Å². The molecule has 0 spiro atoms. The summed E-state index contributed by atoms with van der Waals surface area (Å²) in [5, 5.41) is 0. The van der Waals surface area contributed by atoms with Crippen LogP contribution < -0.4 is 0 Å². The molecule has 0 aromatic carbocycles. The minimum atomic E-state index is -0.476. The van der Waals surface area contributed by atoms with Crippen molar-refractivity contribution in [2.45, 2.75) is 65.4 Å². The van der Waals surface area contributed by atoms with Crippen LogP contribution in [0.5, 0.6) is 0 Å². The third kappa shape index (κ3) is 4.36. The van der Waals surface area contributed by atoms with Crippen LogP contribution in [0.15, 0.2) is 11.8 Å². The van der Waals surface area contributed by atoms with Gasteiger partial charge in [0.2, 0.25) is 0 Å². The summed E-state index contributed by atoms with van der Waals surface area (Å²) in [6.07, 6.45) is 4.65. The maximum Gasteiger partial charge on any atom is 0.306 e. The van der Waals surface area contributed by atoms with Gasteiger partial charge in [0.05, 0.1) is 12.9 Å². The van der Waals surface area contributed by atoms with Gasteiger partial charge in [-0.3, -0.25) is 9.59 Å². The Kier molecular flexibility index (Phi) is 5.37. The van der Waals surface area contributed by atoms with Crippen LogP contribution in [0.1, 0.15) is 59.8 Å². The lowest BCUT2D eigenvalue weighted by Gasteiger charge is -2.33. The zero-order valence-electron chi connectivity index (χ0n) is 13.2. The summed E-state index contributed by atoms with van der Waals surface area (Å²) >= 11 is 0. The van der Waals surface area contributed by atoms with E-state index in [4.69, 9.17) is 9.47 Å². The minimum absolute atomic E-state index is 0.0756. The molecule has 20 heavy (non-hydrogen) atoms. The summed E-state index contributed by atoms with van der Waals surface area (Å²) in [5.41, 5.74) is -0.908. The molecule has 4 nitrogen and oxygen atoms in total. The summed E-state index contributed by atoms with van der Waals surface area (Å²) in [4.78, 5) is 24.1. The van der Waals surface area contributed by atoms with Gasteiger partial charge in [-0.25, -0.2) is 0 Å². The number of carbonyl (C=O) groups is 2. The number of ketones is 1. The molecule has 0 bridgehead atoms. The third-order valence-electron chi connectivity index (χ3n) is 3.83. The van der Waals surface area contributed by atoms with Crippen LogP contribution in [0, 0.1) is 5.41 Å². The van der Waals surface area contributed by atoms with Gasteiger partial charge in [0.1, 0.15) is 5.60 Å². The zero-order valence-corrected chi connectivity index (χ0v) is 13.2. The molecule has 1 atom stereocenters. The van der Waals surface area contributed by atoms with Gasteiger partial charge < -0.3 is 9.47 Å². The van der Waals surface area contributed by atoms with Crippen molar-refractivity contribution in [2.24, 2.45) is 5.41 Å². The molecule has 0 aliphatic heterocycles. The number of esters is 1. The second kappa shape index (κ2) is 6.42. The van der Waals surface area contributed by atoms with E-state index >= 15 is 0 Å². The first-order valence-electron chi connectivity index (χ1n) is 7.23. The van der Waals surface area contributed by atoms with Crippen LogP contribution in [0.25, 0.3) is 0 Å². The lowest BCUT2D eigenvalue weighted by Crippen LogP contribution is -2.34. The average Bonchev–Trinajstić information content (AvgIpc) is 2.35. The van der Waals surface area contributed by atoms with Crippen molar-refractivity contribution in [2.75, 3.05) is 7.11 Å². The highest BCUT2D eigenvalue weighted by Gasteiger charge is 2.38. The van der Waals surface area contributed by atoms with Crippen LogP contribution >= 0.6 is 0 Å². The largest absolute Gasteiger partial charge is 0.501 e. The fourth-order valence-electron chi connectivity index (χ4n) is 2.53. The Bertz CT molecular complexity index is 403. The highest BCUT2D eigenvalue weighted by molar-refractivity contribution is 5.96. The van der Waals surface area contributed by atoms with Gasteiger partial charge in [0.15, 0.2) is 5.78 Å². The quantitative estimate of drug-likeness (QED) is 0.725. The molecular formula is C16H26O4. The lowest BCUT2D eigenvalue weighted by atomic mass is 9.70. The minimum Gasteiger partial charge on any atom is -0.501 e. The van der Waals surface area contributed by atoms with Crippen molar-refractivity contribution in [1.29, 1.82) is 0 Å². The fourth-order valence-corrected chi connectivity index (χ4v) is 2.53. The molecule has 0 aromatic rings. The summed E-state index contributed by atoms with van der Waals surface area (Å²) in [7, 11) is 1.58. The molecule has 1 rings (SSSR count). The SMILES string of the molecule is CCC1(CCC(=O)OC(C)(C)C)CCC(OC)=CC1=O. The van der Waals surface area contributed by atoms with E-state index in [9.17, 15) is 9.59 Å². The fraction of sp³-hybridized carbons (Fsp3) is 0.750. The number of rotatable bonds is 5. The molecule has 0 saturated heterocycles. The standard InChI is InChI=1S/C16H26O4/c1-6-16(9-7-12(19-5)11-13(16)17)10-8-14(18)20-15(2,3)4/h11H,6-10H2,1-5H3. The van der Waals surface area contributed by atoms with E-state index in [0.717, 1.165) is 25.0 Å². The van der Waals surface area contributed by atoms with E-state index in [1.807, 2.05) is 27.7 Å². The third-order valence-corrected chi connectivity index (χ3v) is 3.83. The van der Waals surface area contributed by atoms with E-state index in [1.165, 1.54) is 0 Å². The Labute approximate surface area is 121 Å². The maximum atomic E-state index is 12.3. The molecule has 0 amide bonds. The maximum absolute atomic E-state index is 12.3. The Balaban J connectivity index is 2.66. The Hall–Kier alpha value is -1.32. The van der Waals surface area contributed by atoms with E-state index in [1.54, 1.807) is 13.2 Å². The topological polar surface area (TPSA) is 52.6 Å². The molecule has 0 N–H and O–H groups in total. The summed E-state index contributed by atoms with van der Waals surface area (Å²) < 4.78 is 10.4. The monoisotopic (exact) mass is 282 g/mol. The van der Waals surface area contributed by atoms with Crippen LogP contribution in [0.3, 0.4) is 0 Å². The Morgan fingerprint density at radius 3 is 2.50 bits per heavy atom. The van der Waals surface area contributed by atoms with Crippen molar-refractivity contribution in [3.8, 4) is 0 Å². The van der Waals surface area contributed by atoms with Crippen molar-refractivity contribution >= 4 is 11.8 Å². The van der Waals surface area contributed by atoms with Gasteiger partial charge in [-0.1, -0.05) is 6.92 Å². The molecule has 0 saturated carbocycles. The Morgan fingerprint density at radius 1 is 1.40 bits per heavy atom.